The average Bonchev–Trinajstić information content (AvgIpc) is 3.00. The van der Waals surface area contributed by atoms with E-state index in [0.717, 1.165) is 17.7 Å². The zero-order chi connectivity index (χ0) is 18.1. The normalized spacial score (nSPS) is 12.4. The van der Waals surface area contributed by atoms with Gasteiger partial charge >= 0.3 is 0 Å². The van der Waals surface area contributed by atoms with Gasteiger partial charge in [-0.05, 0) is 49.1 Å². The maximum atomic E-state index is 12.6. The number of hydrogen-bond donors (Lipinski definition) is 1. The van der Waals surface area contributed by atoms with Crippen LogP contribution in [0.15, 0.2) is 23.2 Å². The number of aromatic nitrogens is 1. The van der Waals surface area contributed by atoms with E-state index in [0.29, 0.717) is 28.9 Å². The Labute approximate surface area is 151 Å². The fourth-order valence-corrected chi connectivity index (χ4v) is 3.20. The van der Waals surface area contributed by atoms with Crippen molar-refractivity contribution >= 4 is 28.9 Å². The zero-order valence-electron chi connectivity index (χ0n) is 14.3. The molecule has 2 heterocycles. The van der Waals surface area contributed by atoms with Crippen molar-refractivity contribution in [2.24, 2.45) is 4.99 Å². The maximum absolute atomic E-state index is 12.6. The SMILES string of the molecule is CCC1=NCc2ccc(NC(=O)c3nc(Cl)c(C#N)c(C)c3C)cc21. The lowest BCUT2D eigenvalue weighted by Gasteiger charge is -2.12. The van der Waals surface area contributed by atoms with Crippen molar-refractivity contribution in [3.8, 4) is 6.07 Å². The molecule has 0 saturated heterocycles. The van der Waals surface area contributed by atoms with Crippen LogP contribution in [0.25, 0.3) is 0 Å². The summed E-state index contributed by atoms with van der Waals surface area (Å²) in [7, 11) is 0. The second-order valence-electron chi connectivity index (χ2n) is 5.93. The molecule has 1 aliphatic rings. The van der Waals surface area contributed by atoms with E-state index in [-0.39, 0.29) is 16.8 Å². The molecular formula is C19H17ClN4O. The third-order valence-electron chi connectivity index (χ3n) is 4.49. The van der Waals surface area contributed by atoms with Gasteiger partial charge in [0.05, 0.1) is 12.1 Å². The number of benzene rings is 1. The van der Waals surface area contributed by atoms with E-state index in [1.165, 1.54) is 5.56 Å². The number of aliphatic imine (C=N–C) groups is 1. The van der Waals surface area contributed by atoms with Gasteiger partial charge < -0.3 is 5.32 Å². The van der Waals surface area contributed by atoms with Crippen molar-refractivity contribution in [3.63, 3.8) is 0 Å². The third kappa shape index (κ3) is 3.01. The van der Waals surface area contributed by atoms with E-state index in [1.54, 1.807) is 13.8 Å². The fourth-order valence-electron chi connectivity index (χ4n) is 2.93. The summed E-state index contributed by atoms with van der Waals surface area (Å²) >= 11 is 6.04. The van der Waals surface area contributed by atoms with Gasteiger partial charge in [-0.15, -0.1) is 0 Å². The molecule has 0 saturated carbocycles. The fraction of sp³-hybridized carbons (Fsp3) is 0.263. The number of carbonyl (C=O) groups excluding carboxylic acids is 1. The molecule has 0 fully saturated rings. The van der Waals surface area contributed by atoms with Crippen LogP contribution in [0.1, 0.15) is 51.7 Å². The first-order chi connectivity index (χ1) is 12.0. The number of nitrogens with one attached hydrogen (secondary N) is 1. The molecule has 25 heavy (non-hydrogen) atoms. The van der Waals surface area contributed by atoms with E-state index in [1.807, 2.05) is 24.3 Å². The van der Waals surface area contributed by atoms with Crippen molar-refractivity contribution in [3.05, 3.63) is 56.9 Å². The number of amides is 1. The van der Waals surface area contributed by atoms with Gasteiger partial charge in [-0.25, -0.2) is 4.98 Å². The molecular weight excluding hydrogens is 336 g/mol. The Morgan fingerprint density at radius 1 is 1.36 bits per heavy atom. The molecule has 0 unspecified atom stereocenters. The van der Waals surface area contributed by atoms with Crippen LogP contribution in [0.4, 0.5) is 5.69 Å². The second kappa shape index (κ2) is 6.66. The Kier molecular flexibility index (Phi) is 4.56. The van der Waals surface area contributed by atoms with Crippen LogP contribution in [-0.4, -0.2) is 16.6 Å². The van der Waals surface area contributed by atoms with E-state index in [4.69, 9.17) is 16.9 Å². The number of anilines is 1. The van der Waals surface area contributed by atoms with Crippen molar-refractivity contribution in [1.82, 2.24) is 4.98 Å². The minimum atomic E-state index is -0.347. The number of rotatable bonds is 3. The van der Waals surface area contributed by atoms with E-state index >= 15 is 0 Å². The first-order valence-corrected chi connectivity index (χ1v) is 8.38. The summed E-state index contributed by atoms with van der Waals surface area (Å²) in [5, 5.41) is 12.1. The predicted molar refractivity (Wildman–Crippen MR) is 98.4 cm³/mol. The summed E-state index contributed by atoms with van der Waals surface area (Å²) in [4.78, 5) is 21.3. The van der Waals surface area contributed by atoms with Crippen molar-refractivity contribution < 1.29 is 4.79 Å². The summed E-state index contributed by atoms with van der Waals surface area (Å²) in [6.07, 6.45) is 0.857. The Balaban J connectivity index is 1.92. The minimum absolute atomic E-state index is 0.0464. The van der Waals surface area contributed by atoms with Crippen LogP contribution in [-0.2, 0) is 6.54 Å². The van der Waals surface area contributed by atoms with Crippen LogP contribution < -0.4 is 5.32 Å². The lowest BCUT2D eigenvalue weighted by Crippen LogP contribution is -2.17. The molecule has 0 bridgehead atoms. The number of nitrogens with zero attached hydrogens (tertiary/aromatic N) is 3. The van der Waals surface area contributed by atoms with Crippen LogP contribution in [0.5, 0.6) is 0 Å². The highest BCUT2D eigenvalue weighted by atomic mass is 35.5. The highest BCUT2D eigenvalue weighted by Crippen LogP contribution is 2.26. The minimum Gasteiger partial charge on any atom is -0.321 e. The molecule has 2 aromatic rings. The molecule has 6 heteroatoms. The molecule has 0 atom stereocenters. The molecule has 3 rings (SSSR count). The molecule has 0 radical (unpaired) electrons. The Hall–Kier alpha value is -2.71. The molecule has 1 aromatic heterocycles. The number of carbonyl (C=O) groups is 1. The smallest absolute Gasteiger partial charge is 0.274 e. The highest BCUT2D eigenvalue weighted by molar-refractivity contribution is 6.31. The highest BCUT2D eigenvalue weighted by Gasteiger charge is 2.20. The van der Waals surface area contributed by atoms with Gasteiger partial charge in [0.15, 0.2) is 0 Å². The average molecular weight is 353 g/mol. The number of nitriles is 1. The Bertz CT molecular complexity index is 957. The van der Waals surface area contributed by atoms with Crippen LogP contribution in [0.3, 0.4) is 0 Å². The summed E-state index contributed by atoms with van der Waals surface area (Å²) < 4.78 is 0. The summed E-state index contributed by atoms with van der Waals surface area (Å²) in [5.41, 5.74) is 5.84. The van der Waals surface area contributed by atoms with Crippen molar-refractivity contribution in [2.75, 3.05) is 5.32 Å². The van der Waals surface area contributed by atoms with Gasteiger partial charge in [0, 0.05) is 17.0 Å². The van der Waals surface area contributed by atoms with E-state index in [9.17, 15) is 4.79 Å². The zero-order valence-corrected chi connectivity index (χ0v) is 15.0. The number of halogens is 1. The lowest BCUT2D eigenvalue weighted by atomic mass is 10.0. The second-order valence-corrected chi connectivity index (χ2v) is 6.29. The number of hydrogen-bond acceptors (Lipinski definition) is 4. The largest absolute Gasteiger partial charge is 0.321 e. The predicted octanol–water partition coefficient (Wildman–Crippen LogP) is 4.19. The van der Waals surface area contributed by atoms with Gasteiger partial charge in [0.2, 0.25) is 0 Å². The van der Waals surface area contributed by atoms with E-state index in [2.05, 4.69) is 22.2 Å². The molecule has 5 nitrogen and oxygen atoms in total. The Morgan fingerprint density at radius 2 is 2.12 bits per heavy atom. The first-order valence-electron chi connectivity index (χ1n) is 8.01. The van der Waals surface area contributed by atoms with E-state index < -0.39 is 0 Å². The molecule has 0 aliphatic carbocycles. The molecule has 1 amide bonds. The quantitative estimate of drug-likeness (QED) is 0.841. The topological polar surface area (TPSA) is 78.1 Å². The van der Waals surface area contributed by atoms with Crippen molar-refractivity contribution in [2.45, 2.75) is 33.7 Å². The molecule has 1 aliphatic heterocycles. The third-order valence-corrected chi connectivity index (χ3v) is 4.76. The van der Waals surface area contributed by atoms with Crippen molar-refractivity contribution in [1.29, 1.82) is 5.26 Å². The van der Waals surface area contributed by atoms with Crippen LogP contribution in [0.2, 0.25) is 5.15 Å². The van der Waals surface area contributed by atoms with Gasteiger partial charge in [0.25, 0.3) is 5.91 Å². The lowest BCUT2D eigenvalue weighted by molar-refractivity contribution is 0.102. The maximum Gasteiger partial charge on any atom is 0.274 e. The molecule has 0 spiro atoms. The van der Waals surface area contributed by atoms with Gasteiger partial charge in [-0.3, -0.25) is 9.79 Å². The molecule has 1 aromatic carbocycles. The molecule has 126 valence electrons. The number of pyridine rings is 1. The van der Waals surface area contributed by atoms with Gasteiger partial charge in [-0.2, -0.15) is 5.26 Å². The van der Waals surface area contributed by atoms with Gasteiger partial charge in [-0.1, -0.05) is 24.6 Å². The van der Waals surface area contributed by atoms with Gasteiger partial charge in [0.1, 0.15) is 16.9 Å². The van der Waals surface area contributed by atoms with Crippen LogP contribution >= 0.6 is 11.6 Å². The Morgan fingerprint density at radius 3 is 2.80 bits per heavy atom. The monoisotopic (exact) mass is 352 g/mol. The summed E-state index contributed by atoms with van der Waals surface area (Å²) in [6.45, 7) is 6.28. The first kappa shape index (κ1) is 17.1. The summed E-state index contributed by atoms with van der Waals surface area (Å²) in [6, 6.07) is 7.80. The number of fused-ring (bicyclic) bond motifs is 1. The standard InChI is InChI=1S/C19H17ClN4O/c1-4-16-14-7-13(6-5-12(14)9-22-16)23-19(25)17-11(3)10(2)15(8-21)18(20)24-17/h5-7H,4,9H2,1-3H3,(H,23,25). The van der Waals surface area contributed by atoms with Crippen LogP contribution in [0, 0.1) is 25.2 Å². The molecule has 1 N–H and O–H groups in total. The summed E-state index contributed by atoms with van der Waals surface area (Å²) in [5.74, 6) is -0.347.